The van der Waals surface area contributed by atoms with Crippen LogP contribution in [0.2, 0.25) is 0 Å². The highest BCUT2D eigenvalue weighted by Crippen LogP contribution is 2.25. The third-order valence-corrected chi connectivity index (χ3v) is 3.76. The van der Waals surface area contributed by atoms with E-state index in [1.165, 1.54) is 11.5 Å². The van der Waals surface area contributed by atoms with Gasteiger partial charge >= 0.3 is 0 Å². The lowest BCUT2D eigenvalue weighted by atomic mass is 9.91. The number of hydrogen-bond donors (Lipinski definition) is 2. The van der Waals surface area contributed by atoms with Gasteiger partial charge in [-0.3, -0.25) is 4.79 Å². The number of aromatic nitrogens is 2. The van der Waals surface area contributed by atoms with Gasteiger partial charge in [-0.2, -0.15) is 0 Å². The Bertz CT molecular complexity index is 418. The summed E-state index contributed by atoms with van der Waals surface area (Å²) in [6.45, 7) is 8.03. The van der Waals surface area contributed by atoms with Crippen LogP contribution in [-0.4, -0.2) is 34.6 Å². The average molecular weight is 268 g/mol. The third-order valence-electron chi connectivity index (χ3n) is 3.04. The minimum atomic E-state index is -0.148. The summed E-state index contributed by atoms with van der Waals surface area (Å²) >= 11 is 1.18. The predicted molar refractivity (Wildman–Crippen MR) is 72.0 cm³/mol. The molecule has 5 nitrogen and oxygen atoms in total. The van der Waals surface area contributed by atoms with Crippen molar-refractivity contribution >= 4 is 17.4 Å². The highest BCUT2D eigenvalue weighted by atomic mass is 32.1. The van der Waals surface area contributed by atoms with E-state index < -0.39 is 0 Å². The summed E-state index contributed by atoms with van der Waals surface area (Å²) < 4.78 is 3.92. The zero-order valence-electron chi connectivity index (χ0n) is 11.1. The summed E-state index contributed by atoms with van der Waals surface area (Å²) in [4.78, 5) is 12.9. The van der Waals surface area contributed by atoms with Crippen molar-refractivity contribution in [2.24, 2.45) is 0 Å². The minimum Gasteiger partial charge on any atom is -0.347 e. The number of amides is 1. The molecule has 1 fully saturated rings. The smallest absolute Gasteiger partial charge is 0.265 e. The van der Waals surface area contributed by atoms with Gasteiger partial charge in [0.25, 0.3) is 5.91 Å². The number of hydrogen-bond acceptors (Lipinski definition) is 5. The fourth-order valence-electron chi connectivity index (χ4n) is 2.06. The minimum absolute atomic E-state index is 0.0383. The van der Waals surface area contributed by atoms with E-state index in [0.717, 1.165) is 31.6 Å². The van der Waals surface area contributed by atoms with E-state index in [1.807, 2.05) is 20.8 Å². The topological polar surface area (TPSA) is 66.9 Å². The van der Waals surface area contributed by atoms with Crippen LogP contribution in [0.4, 0.5) is 0 Å². The lowest BCUT2D eigenvalue weighted by Crippen LogP contribution is -2.45. The maximum Gasteiger partial charge on any atom is 0.265 e. The summed E-state index contributed by atoms with van der Waals surface area (Å²) in [5.74, 6) is -0.0383. The molecule has 1 amide bonds. The number of rotatable bonds is 2. The maximum atomic E-state index is 12.2. The van der Waals surface area contributed by atoms with Crippen LogP contribution >= 0.6 is 11.5 Å². The van der Waals surface area contributed by atoms with E-state index in [-0.39, 0.29) is 17.4 Å². The van der Waals surface area contributed by atoms with Crippen molar-refractivity contribution in [2.75, 3.05) is 13.1 Å². The molecule has 2 rings (SSSR count). The molecule has 0 bridgehead atoms. The summed E-state index contributed by atoms with van der Waals surface area (Å²) in [5, 5.41) is 10.4. The Morgan fingerprint density at radius 1 is 1.50 bits per heavy atom. The molecular formula is C12H20N4OS. The van der Waals surface area contributed by atoms with E-state index in [2.05, 4.69) is 20.2 Å². The molecule has 6 heteroatoms. The van der Waals surface area contributed by atoms with Gasteiger partial charge in [0.05, 0.1) is 5.69 Å². The molecule has 0 spiro atoms. The molecule has 2 heterocycles. The fourth-order valence-corrected chi connectivity index (χ4v) is 2.84. The van der Waals surface area contributed by atoms with Gasteiger partial charge in [-0.25, -0.2) is 0 Å². The van der Waals surface area contributed by atoms with E-state index in [0.29, 0.717) is 4.88 Å². The van der Waals surface area contributed by atoms with Crippen molar-refractivity contribution < 1.29 is 4.79 Å². The lowest BCUT2D eigenvalue weighted by molar-refractivity contribution is 0.0932. The molecule has 18 heavy (non-hydrogen) atoms. The Morgan fingerprint density at radius 2 is 2.28 bits per heavy atom. The molecule has 1 aliphatic rings. The number of nitrogens with zero attached hydrogens (tertiary/aromatic N) is 2. The molecule has 0 aliphatic carbocycles. The van der Waals surface area contributed by atoms with Gasteiger partial charge < -0.3 is 10.6 Å². The van der Waals surface area contributed by atoms with Crippen molar-refractivity contribution in [1.29, 1.82) is 0 Å². The molecule has 100 valence electrons. The third kappa shape index (κ3) is 3.05. The first-order chi connectivity index (χ1) is 8.48. The Hall–Kier alpha value is -1.01. The van der Waals surface area contributed by atoms with Gasteiger partial charge in [0.1, 0.15) is 4.88 Å². The van der Waals surface area contributed by atoms with Crippen LogP contribution in [0.3, 0.4) is 0 Å². The largest absolute Gasteiger partial charge is 0.347 e. The van der Waals surface area contributed by atoms with Crippen molar-refractivity contribution in [3.63, 3.8) is 0 Å². The molecule has 1 aromatic rings. The predicted octanol–water partition coefficient (Wildman–Crippen LogP) is 1.32. The summed E-state index contributed by atoms with van der Waals surface area (Å²) in [6.07, 6.45) is 2.15. The van der Waals surface area contributed by atoms with Gasteiger partial charge in [-0.1, -0.05) is 25.3 Å². The molecule has 2 N–H and O–H groups in total. The standard InChI is InChI=1S/C12H20N4OS/c1-12(2,3)10-9(18-16-15-10)11(17)14-8-5-4-6-13-7-8/h8,13H,4-7H2,1-3H3,(H,14,17)/t8-/m1/s1. The molecule has 1 atom stereocenters. The summed E-state index contributed by atoms with van der Waals surface area (Å²) in [5.41, 5.74) is 0.638. The fraction of sp³-hybridized carbons (Fsp3) is 0.750. The Balaban J connectivity index is 2.07. The van der Waals surface area contributed by atoms with Gasteiger partial charge in [0, 0.05) is 18.0 Å². The van der Waals surface area contributed by atoms with Crippen LogP contribution in [-0.2, 0) is 5.41 Å². The van der Waals surface area contributed by atoms with Gasteiger partial charge in [-0.05, 0) is 30.9 Å². The number of nitrogens with one attached hydrogen (secondary N) is 2. The van der Waals surface area contributed by atoms with Crippen LogP contribution < -0.4 is 10.6 Å². The highest BCUT2D eigenvalue weighted by molar-refractivity contribution is 7.08. The first kappa shape index (κ1) is 13.4. The van der Waals surface area contributed by atoms with E-state index in [1.54, 1.807) is 0 Å². The van der Waals surface area contributed by atoms with Crippen LogP contribution in [0, 0.1) is 0 Å². The Labute approximate surface area is 112 Å². The Morgan fingerprint density at radius 3 is 2.89 bits per heavy atom. The van der Waals surface area contributed by atoms with Crippen molar-refractivity contribution in [2.45, 2.75) is 45.1 Å². The number of carbonyl (C=O) groups excluding carboxylic acids is 1. The normalized spacial score (nSPS) is 20.7. The second kappa shape index (κ2) is 5.32. The molecule has 1 saturated heterocycles. The monoisotopic (exact) mass is 268 g/mol. The summed E-state index contributed by atoms with van der Waals surface area (Å²) in [6, 6.07) is 0.223. The van der Waals surface area contributed by atoms with Crippen LogP contribution in [0.15, 0.2) is 0 Å². The van der Waals surface area contributed by atoms with Crippen molar-refractivity contribution in [3.8, 4) is 0 Å². The molecule has 1 aromatic heterocycles. The average Bonchev–Trinajstić information content (AvgIpc) is 2.79. The van der Waals surface area contributed by atoms with E-state index >= 15 is 0 Å². The lowest BCUT2D eigenvalue weighted by Gasteiger charge is -2.24. The van der Waals surface area contributed by atoms with E-state index in [9.17, 15) is 4.79 Å². The van der Waals surface area contributed by atoms with Crippen LogP contribution in [0.1, 0.15) is 49.0 Å². The number of piperidine rings is 1. The first-order valence-electron chi connectivity index (χ1n) is 6.33. The molecule has 0 radical (unpaired) electrons. The van der Waals surface area contributed by atoms with E-state index in [4.69, 9.17) is 0 Å². The van der Waals surface area contributed by atoms with Crippen molar-refractivity contribution in [3.05, 3.63) is 10.6 Å². The second-order valence-electron chi connectivity index (χ2n) is 5.72. The van der Waals surface area contributed by atoms with Gasteiger partial charge in [-0.15, -0.1) is 5.10 Å². The first-order valence-corrected chi connectivity index (χ1v) is 7.10. The molecular weight excluding hydrogens is 248 g/mol. The quantitative estimate of drug-likeness (QED) is 0.849. The van der Waals surface area contributed by atoms with Gasteiger partial charge in [0.2, 0.25) is 0 Å². The summed E-state index contributed by atoms with van der Waals surface area (Å²) in [7, 11) is 0. The highest BCUT2D eigenvalue weighted by Gasteiger charge is 2.27. The van der Waals surface area contributed by atoms with Gasteiger partial charge in [0.15, 0.2) is 0 Å². The molecule has 1 aliphatic heterocycles. The zero-order chi connectivity index (χ0) is 13.2. The zero-order valence-corrected chi connectivity index (χ0v) is 11.9. The molecule has 0 unspecified atom stereocenters. The Kier molecular flexibility index (Phi) is 3.97. The second-order valence-corrected chi connectivity index (χ2v) is 6.47. The number of carbonyl (C=O) groups is 1. The van der Waals surface area contributed by atoms with Crippen molar-refractivity contribution in [1.82, 2.24) is 20.2 Å². The van der Waals surface area contributed by atoms with Crippen LogP contribution in [0.5, 0.6) is 0 Å². The SMILES string of the molecule is CC(C)(C)c1nnsc1C(=O)N[C@@H]1CCCNC1. The van der Waals surface area contributed by atoms with Crippen LogP contribution in [0.25, 0.3) is 0 Å². The maximum absolute atomic E-state index is 12.2. The molecule has 0 aromatic carbocycles. The molecule has 0 saturated carbocycles.